The Morgan fingerprint density at radius 2 is 1.97 bits per heavy atom. The van der Waals surface area contributed by atoms with Gasteiger partial charge in [0.2, 0.25) is 5.96 Å². The number of aliphatic imine (C=N–C) groups is 1. The first-order valence-electron chi connectivity index (χ1n) is 11.7. The molecule has 5 rings (SSSR count). The van der Waals surface area contributed by atoms with Crippen molar-refractivity contribution in [2.75, 3.05) is 18.5 Å². The maximum atomic E-state index is 14.9. The Kier molecular flexibility index (Phi) is 6.24. The molecule has 0 fully saturated rings. The Bertz CT molecular complexity index is 1380. The minimum Gasteiger partial charge on any atom is -0.376 e. The van der Waals surface area contributed by atoms with Crippen molar-refractivity contribution in [3.05, 3.63) is 82.8 Å². The number of rotatable bonds is 4. The van der Waals surface area contributed by atoms with Crippen LogP contribution in [0.3, 0.4) is 0 Å². The number of guanidine groups is 1. The number of alkyl halides is 3. The highest BCUT2D eigenvalue weighted by molar-refractivity contribution is 5.96. The van der Waals surface area contributed by atoms with Crippen molar-refractivity contribution in [1.82, 2.24) is 20.1 Å². The maximum absolute atomic E-state index is 14.9. The topological polar surface area (TPSA) is 102 Å². The van der Waals surface area contributed by atoms with E-state index >= 15 is 0 Å². The monoisotopic (exact) mass is 515 g/mol. The summed E-state index contributed by atoms with van der Waals surface area (Å²) in [6.07, 6.45) is -2.63. The maximum Gasteiger partial charge on any atom is 0.416 e. The number of halogens is 4. The van der Waals surface area contributed by atoms with E-state index in [-0.39, 0.29) is 24.8 Å². The molecule has 2 unspecified atom stereocenters. The molecule has 37 heavy (non-hydrogen) atoms. The van der Waals surface area contributed by atoms with Gasteiger partial charge in [0, 0.05) is 22.9 Å². The third kappa shape index (κ3) is 4.69. The number of nitrogens with two attached hydrogens (primary N) is 1. The molecule has 1 aromatic heterocycles. The molecule has 0 aliphatic carbocycles. The summed E-state index contributed by atoms with van der Waals surface area (Å²) in [4.78, 5) is 8.66. The van der Waals surface area contributed by atoms with Gasteiger partial charge >= 0.3 is 6.18 Å². The Labute approximate surface area is 210 Å². The average Bonchev–Trinajstić information content (AvgIpc) is 3.29. The highest BCUT2D eigenvalue weighted by Crippen LogP contribution is 2.38. The van der Waals surface area contributed by atoms with Gasteiger partial charge in [-0.2, -0.15) is 18.3 Å². The van der Waals surface area contributed by atoms with Gasteiger partial charge in [-0.3, -0.25) is 0 Å². The van der Waals surface area contributed by atoms with Crippen LogP contribution in [0.5, 0.6) is 0 Å². The van der Waals surface area contributed by atoms with Crippen molar-refractivity contribution in [3.8, 4) is 5.69 Å². The Hall–Kier alpha value is -3.77. The van der Waals surface area contributed by atoms with E-state index in [1.165, 1.54) is 29.2 Å². The van der Waals surface area contributed by atoms with Crippen LogP contribution in [0.15, 0.2) is 65.1 Å². The number of nitrogens with zero attached hydrogens (tertiary/aromatic N) is 4. The van der Waals surface area contributed by atoms with Gasteiger partial charge in [-0.05, 0) is 49.2 Å². The molecule has 3 aromatic rings. The molecule has 2 aromatic carbocycles. The lowest BCUT2D eigenvalue weighted by atomic mass is 9.85. The van der Waals surface area contributed by atoms with Crippen LogP contribution in [-0.2, 0) is 10.9 Å². The van der Waals surface area contributed by atoms with E-state index in [9.17, 15) is 17.6 Å². The molecule has 0 amide bonds. The van der Waals surface area contributed by atoms with Gasteiger partial charge in [0.15, 0.2) is 5.82 Å². The predicted molar refractivity (Wildman–Crippen MR) is 129 cm³/mol. The molecule has 194 valence electrons. The van der Waals surface area contributed by atoms with Crippen LogP contribution in [0.1, 0.15) is 36.2 Å². The van der Waals surface area contributed by atoms with Crippen molar-refractivity contribution in [3.63, 3.8) is 0 Å². The largest absolute Gasteiger partial charge is 0.416 e. The fourth-order valence-electron chi connectivity index (χ4n) is 4.54. The smallest absolute Gasteiger partial charge is 0.376 e. The normalized spacial score (nSPS) is 21.8. The van der Waals surface area contributed by atoms with Crippen LogP contribution in [0.2, 0.25) is 0 Å². The summed E-state index contributed by atoms with van der Waals surface area (Å²) >= 11 is 0. The van der Waals surface area contributed by atoms with E-state index in [1.807, 2.05) is 6.92 Å². The Morgan fingerprint density at radius 3 is 2.59 bits per heavy atom. The van der Waals surface area contributed by atoms with E-state index in [2.05, 4.69) is 25.7 Å². The number of hydrogen-bond donors (Lipinski definition) is 3. The zero-order valence-corrected chi connectivity index (χ0v) is 20.1. The van der Waals surface area contributed by atoms with Gasteiger partial charge in [0.25, 0.3) is 0 Å². The molecule has 0 radical (unpaired) electrons. The van der Waals surface area contributed by atoms with Crippen molar-refractivity contribution in [2.45, 2.75) is 38.0 Å². The minimum absolute atomic E-state index is 0.237. The summed E-state index contributed by atoms with van der Waals surface area (Å²) in [5, 5.41) is 10.4. The molecule has 2 aliphatic heterocycles. The van der Waals surface area contributed by atoms with Crippen molar-refractivity contribution >= 4 is 11.6 Å². The van der Waals surface area contributed by atoms with Crippen LogP contribution in [0, 0.1) is 12.7 Å². The van der Waals surface area contributed by atoms with E-state index in [0.717, 1.165) is 17.7 Å². The fraction of sp³-hybridized carbons (Fsp3) is 0.320. The number of aromatic nitrogens is 3. The summed E-state index contributed by atoms with van der Waals surface area (Å²) in [5.41, 5.74) is 7.58. The van der Waals surface area contributed by atoms with E-state index in [4.69, 9.17) is 10.5 Å². The fourth-order valence-corrected chi connectivity index (χ4v) is 4.54. The lowest BCUT2D eigenvalue weighted by Gasteiger charge is -2.40. The van der Waals surface area contributed by atoms with E-state index < -0.39 is 23.2 Å². The van der Waals surface area contributed by atoms with Gasteiger partial charge in [-0.25, -0.2) is 19.0 Å². The van der Waals surface area contributed by atoms with Gasteiger partial charge in [-0.15, -0.1) is 0 Å². The van der Waals surface area contributed by atoms with Crippen molar-refractivity contribution in [2.24, 2.45) is 10.7 Å². The van der Waals surface area contributed by atoms with Crippen LogP contribution in [0.25, 0.3) is 5.69 Å². The van der Waals surface area contributed by atoms with Crippen LogP contribution in [0.4, 0.5) is 23.2 Å². The summed E-state index contributed by atoms with van der Waals surface area (Å²) in [6.45, 7) is 4.09. The second-order valence-electron chi connectivity index (χ2n) is 8.95. The molecule has 2 aliphatic rings. The van der Waals surface area contributed by atoms with E-state index in [0.29, 0.717) is 35.2 Å². The third-order valence-electron chi connectivity index (χ3n) is 6.63. The standard InChI is InChI=1S/C25H25F4N7O/c1-3-24(30)19-12-37-11-18(15-4-6-16(7-5-15)25(27,28)29)22(19)34-23(35-24)33-17-8-9-21(20(26)10-17)36-14(2)31-13-32-36/h4-10,13,18H,3,11-12,30H2,1-2H3,(H2,33,34,35). The summed E-state index contributed by atoms with van der Waals surface area (Å²) in [6, 6.07) is 9.55. The molecular weight excluding hydrogens is 490 g/mol. The van der Waals surface area contributed by atoms with Crippen LogP contribution in [-0.4, -0.2) is 39.6 Å². The van der Waals surface area contributed by atoms with Gasteiger partial charge in [0.05, 0.1) is 18.8 Å². The third-order valence-corrected chi connectivity index (χ3v) is 6.63. The van der Waals surface area contributed by atoms with Crippen LogP contribution >= 0.6 is 0 Å². The molecule has 12 heteroatoms. The summed E-state index contributed by atoms with van der Waals surface area (Å²) < 4.78 is 61.3. The number of nitrogens with one attached hydrogen (secondary N) is 2. The van der Waals surface area contributed by atoms with Crippen molar-refractivity contribution < 1.29 is 22.3 Å². The van der Waals surface area contributed by atoms with Gasteiger partial charge in [0.1, 0.15) is 23.5 Å². The summed E-state index contributed by atoms with van der Waals surface area (Å²) in [7, 11) is 0. The minimum atomic E-state index is -4.43. The zero-order chi connectivity index (χ0) is 26.4. The molecule has 0 spiro atoms. The Morgan fingerprint density at radius 1 is 1.22 bits per heavy atom. The molecule has 0 bridgehead atoms. The number of ether oxygens (including phenoxy) is 1. The first-order valence-corrected chi connectivity index (χ1v) is 11.7. The first-order chi connectivity index (χ1) is 17.6. The molecule has 8 nitrogen and oxygen atoms in total. The van der Waals surface area contributed by atoms with Crippen molar-refractivity contribution in [1.29, 1.82) is 0 Å². The molecule has 4 N–H and O–H groups in total. The first kappa shape index (κ1) is 24.9. The Balaban J connectivity index is 1.44. The molecule has 0 saturated heterocycles. The second-order valence-corrected chi connectivity index (χ2v) is 8.95. The van der Waals surface area contributed by atoms with Gasteiger partial charge in [-0.1, -0.05) is 19.1 Å². The number of hydrogen-bond acceptors (Lipinski definition) is 7. The zero-order valence-electron chi connectivity index (χ0n) is 20.1. The lowest BCUT2D eigenvalue weighted by molar-refractivity contribution is -0.137. The van der Waals surface area contributed by atoms with E-state index in [1.54, 1.807) is 19.1 Å². The molecular formula is C25H25F4N7O. The number of anilines is 1. The lowest BCUT2D eigenvalue weighted by Crippen LogP contribution is -2.53. The predicted octanol–water partition coefficient (Wildman–Crippen LogP) is 4.24. The molecule has 3 heterocycles. The quantitative estimate of drug-likeness (QED) is 0.450. The number of benzene rings is 2. The summed E-state index contributed by atoms with van der Waals surface area (Å²) in [5.74, 6) is -0.0617. The highest BCUT2D eigenvalue weighted by atomic mass is 19.4. The van der Waals surface area contributed by atoms with Crippen LogP contribution < -0.4 is 16.4 Å². The highest BCUT2D eigenvalue weighted by Gasteiger charge is 2.40. The number of aryl methyl sites for hydroxylation is 1. The van der Waals surface area contributed by atoms with Gasteiger partial charge < -0.3 is 21.1 Å². The molecule has 2 atom stereocenters. The SMILES string of the molecule is CCC1(N)N=C(Nc2ccc(-n3ncnc3C)c(F)c2)NC2=C1COCC2c1ccc(C(F)(F)F)cc1. The molecule has 0 saturated carbocycles. The average molecular weight is 516 g/mol. The second kappa shape index (κ2) is 9.27.